The van der Waals surface area contributed by atoms with Crippen molar-refractivity contribution in [3.63, 3.8) is 0 Å². The van der Waals surface area contributed by atoms with Gasteiger partial charge in [-0.1, -0.05) is 33.1 Å². The van der Waals surface area contributed by atoms with Crippen molar-refractivity contribution in [2.45, 2.75) is 103 Å². The van der Waals surface area contributed by atoms with Crippen LogP contribution in [0.2, 0.25) is 0 Å². The fourth-order valence-corrected chi connectivity index (χ4v) is 4.47. The maximum absolute atomic E-state index is 12.1. The Balaban J connectivity index is 1.57. The molecule has 0 aromatic rings. The zero-order valence-corrected chi connectivity index (χ0v) is 15.5. The van der Waals surface area contributed by atoms with Crippen LogP contribution in [0.3, 0.4) is 0 Å². The minimum atomic E-state index is 0.363. The number of unbranched alkanes of at least 4 members (excludes halogenated alkanes) is 1. The molecule has 23 heavy (non-hydrogen) atoms. The molecule has 0 spiro atoms. The van der Waals surface area contributed by atoms with E-state index in [2.05, 4.69) is 13.8 Å². The maximum atomic E-state index is 12.1. The molecule has 0 unspecified atom stereocenters. The molecule has 0 aliphatic heterocycles. The fourth-order valence-electron chi connectivity index (χ4n) is 4.47. The van der Waals surface area contributed by atoms with E-state index >= 15 is 0 Å². The third-order valence-electron chi connectivity index (χ3n) is 6.14. The van der Waals surface area contributed by atoms with Gasteiger partial charge in [0.2, 0.25) is 0 Å². The van der Waals surface area contributed by atoms with Crippen LogP contribution in [0.15, 0.2) is 0 Å². The molecule has 2 aliphatic carbocycles. The van der Waals surface area contributed by atoms with Gasteiger partial charge >= 0.3 is 0 Å². The maximum Gasteiger partial charge on any atom is 0.135 e. The molecule has 0 heterocycles. The van der Waals surface area contributed by atoms with Crippen molar-refractivity contribution in [2.75, 3.05) is 6.61 Å². The number of carbonyl (C=O) groups excluding carboxylic acids is 1. The van der Waals surface area contributed by atoms with Crippen LogP contribution in [0.1, 0.15) is 97.3 Å². The standard InChI is InChI=1S/C21H38O2/c1-3-5-7-21(22)19-12-8-18(9-13-19)16-23-20-14-10-17(6-4-2)11-15-20/h17-20H,3-16H2,1-2H3. The van der Waals surface area contributed by atoms with Gasteiger partial charge in [0.25, 0.3) is 0 Å². The predicted octanol–water partition coefficient (Wildman–Crippen LogP) is 5.93. The molecule has 0 saturated heterocycles. The molecule has 0 aromatic carbocycles. The van der Waals surface area contributed by atoms with Gasteiger partial charge in [-0.05, 0) is 69.6 Å². The van der Waals surface area contributed by atoms with E-state index in [0.717, 1.165) is 44.6 Å². The molecule has 2 heteroatoms. The number of Topliss-reactive ketones (excluding diaryl/α,β-unsaturated/α-hetero) is 1. The summed E-state index contributed by atoms with van der Waals surface area (Å²) in [6.07, 6.45) is 16.2. The quantitative estimate of drug-likeness (QED) is 0.526. The van der Waals surface area contributed by atoms with Crippen LogP contribution in [0.4, 0.5) is 0 Å². The first kappa shape index (κ1) is 19.0. The van der Waals surface area contributed by atoms with Gasteiger partial charge in [0.1, 0.15) is 5.78 Å². The Morgan fingerprint density at radius 3 is 2.13 bits per heavy atom. The number of carbonyl (C=O) groups is 1. The number of hydrogen-bond donors (Lipinski definition) is 0. The topological polar surface area (TPSA) is 26.3 Å². The van der Waals surface area contributed by atoms with Gasteiger partial charge in [-0.25, -0.2) is 0 Å². The summed E-state index contributed by atoms with van der Waals surface area (Å²) in [6.45, 7) is 5.40. The molecular formula is C21H38O2. The monoisotopic (exact) mass is 322 g/mol. The summed E-state index contributed by atoms with van der Waals surface area (Å²) in [7, 11) is 0. The Morgan fingerprint density at radius 2 is 1.52 bits per heavy atom. The van der Waals surface area contributed by atoms with Crippen molar-refractivity contribution in [2.24, 2.45) is 17.8 Å². The van der Waals surface area contributed by atoms with E-state index < -0.39 is 0 Å². The second kappa shape index (κ2) is 10.5. The molecule has 2 aliphatic rings. The first-order chi connectivity index (χ1) is 11.2. The Labute approximate surface area is 143 Å². The Hall–Kier alpha value is -0.370. The molecule has 0 aromatic heterocycles. The van der Waals surface area contributed by atoms with Gasteiger partial charge < -0.3 is 4.74 Å². The molecule has 2 saturated carbocycles. The van der Waals surface area contributed by atoms with Gasteiger partial charge in [-0.3, -0.25) is 4.79 Å². The number of ketones is 1. The van der Waals surface area contributed by atoms with Crippen LogP contribution in [0, 0.1) is 17.8 Å². The zero-order valence-electron chi connectivity index (χ0n) is 15.5. The molecule has 2 rings (SSSR count). The second-order valence-corrected chi connectivity index (χ2v) is 8.05. The lowest BCUT2D eigenvalue weighted by Crippen LogP contribution is -2.27. The van der Waals surface area contributed by atoms with Gasteiger partial charge in [-0.2, -0.15) is 0 Å². The van der Waals surface area contributed by atoms with E-state index in [1.54, 1.807) is 0 Å². The molecule has 2 nitrogen and oxygen atoms in total. The number of hydrogen-bond acceptors (Lipinski definition) is 2. The summed E-state index contributed by atoms with van der Waals surface area (Å²) in [5.74, 6) is 2.56. The highest BCUT2D eigenvalue weighted by Gasteiger charge is 2.27. The van der Waals surface area contributed by atoms with Crippen molar-refractivity contribution in [3.05, 3.63) is 0 Å². The van der Waals surface area contributed by atoms with E-state index in [-0.39, 0.29) is 0 Å². The molecule has 2 fully saturated rings. The second-order valence-electron chi connectivity index (χ2n) is 8.05. The van der Waals surface area contributed by atoms with E-state index in [0.29, 0.717) is 23.7 Å². The summed E-state index contributed by atoms with van der Waals surface area (Å²) < 4.78 is 6.22. The Morgan fingerprint density at radius 1 is 0.870 bits per heavy atom. The highest BCUT2D eigenvalue weighted by atomic mass is 16.5. The third-order valence-corrected chi connectivity index (χ3v) is 6.14. The van der Waals surface area contributed by atoms with Crippen molar-refractivity contribution < 1.29 is 9.53 Å². The summed E-state index contributed by atoms with van der Waals surface area (Å²) in [5, 5.41) is 0. The van der Waals surface area contributed by atoms with Gasteiger partial charge in [-0.15, -0.1) is 0 Å². The average Bonchev–Trinajstić information content (AvgIpc) is 2.60. The average molecular weight is 323 g/mol. The summed E-state index contributed by atoms with van der Waals surface area (Å²) in [6, 6.07) is 0. The van der Waals surface area contributed by atoms with Crippen molar-refractivity contribution in [1.82, 2.24) is 0 Å². The molecule has 0 bridgehead atoms. The van der Waals surface area contributed by atoms with Crippen LogP contribution in [0.25, 0.3) is 0 Å². The molecule has 0 radical (unpaired) electrons. The van der Waals surface area contributed by atoms with E-state index in [1.165, 1.54) is 51.4 Å². The summed E-state index contributed by atoms with van der Waals surface area (Å²) in [5.41, 5.74) is 0. The van der Waals surface area contributed by atoms with Crippen LogP contribution in [0.5, 0.6) is 0 Å². The first-order valence-electron chi connectivity index (χ1n) is 10.4. The van der Waals surface area contributed by atoms with Gasteiger partial charge in [0, 0.05) is 18.9 Å². The largest absolute Gasteiger partial charge is 0.378 e. The molecule has 0 amide bonds. The molecule has 0 atom stereocenters. The van der Waals surface area contributed by atoms with E-state index in [1.807, 2.05) is 0 Å². The highest BCUT2D eigenvalue weighted by Crippen LogP contribution is 2.33. The van der Waals surface area contributed by atoms with Crippen molar-refractivity contribution in [3.8, 4) is 0 Å². The van der Waals surface area contributed by atoms with Crippen LogP contribution < -0.4 is 0 Å². The highest BCUT2D eigenvalue weighted by molar-refractivity contribution is 5.80. The van der Waals surface area contributed by atoms with Gasteiger partial charge in [0.15, 0.2) is 0 Å². The van der Waals surface area contributed by atoms with Gasteiger partial charge in [0.05, 0.1) is 6.10 Å². The van der Waals surface area contributed by atoms with Crippen molar-refractivity contribution in [1.29, 1.82) is 0 Å². The Kier molecular flexibility index (Phi) is 8.64. The molecule has 134 valence electrons. The normalized spacial score (nSPS) is 31.9. The van der Waals surface area contributed by atoms with Crippen LogP contribution >= 0.6 is 0 Å². The molecule has 0 N–H and O–H groups in total. The van der Waals surface area contributed by atoms with E-state index in [9.17, 15) is 4.79 Å². The number of rotatable bonds is 9. The lowest BCUT2D eigenvalue weighted by molar-refractivity contribution is -0.124. The Bertz CT molecular complexity index is 323. The minimum Gasteiger partial charge on any atom is -0.378 e. The summed E-state index contributed by atoms with van der Waals surface area (Å²) >= 11 is 0. The first-order valence-corrected chi connectivity index (χ1v) is 10.4. The van der Waals surface area contributed by atoms with E-state index in [4.69, 9.17) is 4.74 Å². The molecular weight excluding hydrogens is 284 g/mol. The van der Waals surface area contributed by atoms with Crippen LogP contribution in [-0.2, 0) is 9.53 Å². The lowest BCUT2D eigenvalue weighted by Gasteiger charge is -2.32. The zero-order chi connectivity index (χ0) is 16.5. The third kappa shape index (κ3) is 6.57. The van der Waals surface area contributed by atoms with Crippen molar-refractivity contribution >= 4 is 5.78 Å². The SMILES string of the molecule is CCCCC(=O)C1CCC(COC2CCC(CCC)CC2)CC1. The predicted molar refractivity (Wildman–Crippen MR) is 96.6 cm³/mol. The fraction of sp³-hybridized carbons (Fsp3) is 0.952. The smallest absolute Gasteiger partial charge is 0.135 e. The summed E-state index contributed by atoms with van der Waals surface area (Å²) in [4.78, 5) is 12.1. The minimum absolute atomic E-state index is 0.363. The van der Waals surface area contributed by atoms with Crippen LogP contribution in [-0.4, -0.2) is 18.5 Å². The number of ether oxygens (including phenoxy) is 1. The lowest BCUT2D eigenvalue weighted by atomic mass is 9.79.